The molecule has 2 atom stereocenters. The number of anilines is 1. The Labute approximate surface area is 215 Å². The Balaban J connectivity index is 1.73. The number of hydrogen-bond donors (Lipinski definition) is 2. The summed E-state index contributed by atoms with van der Waals surface area (Å²) < 4.78 is 69.4. The molecule has 5 rings (SSSR count). The van der Waals surface area contributed by atoms with E-state index in [9.17, 15) is 26.9 Å². The Morgan fingerprint density at radius 3 is 2.68 bits per heavy atom. The highest BCUT2D eigenvalue weighted by atomic mass is 32.2. The van der Waals surface area contributed by atoms with E-state index in [0.717, 1.165) is 0 Å². The van der Waals surface area contributed by atoms with Crippen molar-refractivity contribution in [2.45, 2.75) is 55.6 Å². The Morgan fingerprint density at radius 2 is 2.05 bits per heavy atom. The van der Waals surface area contributed by atoms with Crippen molar-refractivity contribution in [1.29, 1.82) is 5.26 Å². The molecule has 2 aliphatic rings. The van der Waals surface area contributed by atoms with Crippen LogP contribution in [0.4, 0.5) is 18.9 Å². The molecule has 0 bridgehead atoms. The first-order valence-corrected chi connectivity index (χ1v) is 13.8. The van der Waals surface area contributed by atoms with E-state index >= 15 is 0 Å². The molecule has 2 fully saturated rings. The van der Waals surface area contributed by atoms with Crippen molar-refractivity contribution in [3.05, 3.63) is 23.0 Å². The maximum atomic E-state index is 13.6. The molecule has 1 aromatic carbocycles. The molecule has 1 aliphatic carbocycles. The predicted octanol–water partition coefficient (Wildman–Crippen LogP) is 2.87. The van der Waals surface area contributed by atoms with Gasteiger partial charge in [-0.3, -0.25) is 0 Å². The molecule has 3 heterocycles. The van der Waals surface area contributed by atoms with Gasteiger partial charge in [0.2, 0.25) is 10.0 Å². The number of nitrogens with zero attached hydrogens (tertiary/aromatic N) is 6. The monoisotopic (exact) mass is 552 g/mol. The normalized spacial score (nSPS) is 21.4. The van der Waals surface area contributed by atoms with Crippen LogP contribution < -0.4 is 14.9 Å². The van der Waals surface area contributed by atoms with Gasteiger partial charge in [0.05, 0.1) is 28.2 Å². The van der Waals surface area contributed by atoms with Crippen LogP contribution in [0.2, 0.25) is 0 Å². The van der Waals surface area contributed by atoms with E-state index in [0.29, 0.717) is 47.8 Å². The van der Waals surface area contributed by atoms with Crippen LogP contribution in [0.15, 0.2) is 17.0 Å². The van der Waals surface area contributed by atoms with Gasteiger partial charge in [0.15, 0.2) is 10.0 Å². The van der Waals surface area contributed by atoms with Crippen LogP contribution in [0.3, 0.4) is 0 Å². The summed E-state index contributed by atoms with van der Waals surface area (Å²) in [5.41, 5.74) is -0.188. The fraction of sp³-hybridized carbons (Fsp3) is 0.500. The Kier molecular flexibility index (Phi) is 6.55. The highest BCUT2D eigenvalue weighted by Crippen LogP contribution is 2.39. The lowest BCUT2D eigenvalue weighted by Crippen LogP contribution is -2.56. The van der Waals surface area contributed by atoms with Gasteiger partial charge in [-0.05, 0) is 38.8 Å². The van der Waals surface area contributed by atoms with Crippen LogP contribution in [0.1, 0.15) is 37.0 Å². The standard InChI is InChI=1S/C22H23F3N8O2S2/c1-11-8-33(9-13(7-23)27-11)16-6-14(37(34,35)32-22(10-26)3-4-22)5-15-17(16)28-12(2)29-18(15)20-30-31-21(36-20)19(24)25/h5-6,11,13,19,27,32H,3-4,7-9H2,1-2H3/t11-,13-/m1/s1. The summed E-state index contributed by atoms with van der Waals surface area (Å²) in [4.78, 5) is 10.7. The number of aromatic nitrogens is 4. The van der Waals surface area contributed by atoms with Crippen LogP contribution >= 0.6 is 11.3 Å². The molecule has 2 N–H and O–H groups in total. The average molecular weight is 553 g/mol. The molecular formula is C22H23F3N8O2S2. The van der Waals surface area contributed by atoms with Gasteiger partial charge in [-0.2, -0.15) is 9.98 Å². The predicted molar refractivity (Wildman–Crippen MR) is 131 cm³/mol. The van der Waals surface area contributed by atoms with Gasteiger partial charge in [-0.25, -0.2) is 31.6 Å². The molecule has 196 valence electrons. The highest BCUT2D eigenvalue weighted by Gasteiger charge is 2.47. The Bertz CT molecular complexity index is 1500. The molecule has 1 aliphatic heterocycles. The molecule has 0 amide bonds. The number of aryl methyl sites for hydroxylation is 1. The van der Waals surface area contributed by atoms with Crippen LogP contribution in [-0.2, 0) is 10.0 Å². The van der Waals surface area contributed by atoms with Gasteiger partial charge in [-0.15, -0.1) is 10.2 Å². The first kappa shape index (κ1) is 25.7. The SMILES string of the molecule is Cc1nc(-c2nnc(C(F)F)s2)c2cc(S(=O)(=O)NC3(C#N)CC3)cc(N3C[C@@H](CF)N[C@H](C)C3)c2n1. The summed E-state index contributed by atoms with van der Waals surface area (Å²) in [5, 5.41) is 19.9. The lowest BCUT2D eigenvalue weighted by molar-refractivity contribution is 0.150. The molecule has 0 radical (unpaired) electrons. The molecule has 1 saturated carbocycles. The van der Waals surface area contributed by atoms with Crippen molar-refractivity contribution in [3.63, 3.8) is 0 Å². The molecular weight excluding hydrogens is 529 g/mol. The summed E-state index contributed by atoms with van der Waals surface area (Å²) in [7, 11) is -4.17. The third-order valence-electron chi connectivity index (χ3n) is 6.28. The summed E-state index contributed by atoms with van der Waals surface area (Å²) >= 11 is 0.657. The maximum Gasteiger partial charge on any atom is 0.291 e. The largest absolute Gasteiger partial charge is 0.367 e. The number of nitriles is 1. The average Bonchev–Trinajstić information content (AvgIpc) is 3.43. The van der Waals surface area contributed by atoms with E-state index < -0.39 is 39.7 Å². The quantitative estimate of drug-likeness (QED) is 0.453. The smallest absolute Gasteiger partial charge is 0.291 e. The minimum atomic E-state index is -4.17. The molecule has 15 heteroatoms. The van der Waals surface area contributed by atoms with E-state index in [-0.39, 0.29) is 33.6 Å². The Morgan fingerprint density at radius 1 is 1.30 bits per heavy atom. The summed E-state index contributed by atoms with van der Waals surface area (Å²) in [5.74, 6) is 0.318. The summed E-state index contributed by atoms with van der Waals surface area (Å²) in [6.07, 6.45) is -2.03. The summed E-state index contributed by atoms with van der Waals surface area (Å²) in [6, 6.07) is 4.23. The van der Waals surface area contributed by atoms with Gasteiger partial charge >= 0.3 is 0 Å². The van der Waals surface area contributed by atoms with Gasteiger partial charge in [0, 0.05) is 24.5 Å². The van der Waals surface area contributed by atoms with Crippen molar-refractivity contribution in [1.82, 2.24) is 30.2 Å². The molecule has 2 aromatic heterocycles. The lowest BCUT2D eigenvalue weighted by Gasteiger charge is -2.38. The van der Waals surface area contributed by atoms with Crippen molar-refractivity contribution >= 4 is 38.0 Å². The number of hydrogen-bond acceptors (Lipinski definition) is 10. The minimum Gasteiger partial charge on any atom is -0.367 e. The van der Waals surface area contributed by atoms with Crippen LogP contribution in [0, 0.1) is 18.3 Å². The second-order valence-electron chi connectivity index (χ2n) is 9.33. The Hall–Kier alpha value is -2.93. The van der Waals surface area contributed by atoms with Crippen LogP contribution in [-0.4, -0.2) is 66.0 Å². The zero-order valence-electron chi connectivity index (χ0n) is 19.9. The van der Waals surface area contributed by atoms with Gasteiger partial charge < -0.3 is 10.2 Å². The molecule has 0 spiro atoms. The van der Waals surface area contributed by atoms with Crippen LogP contribution in [0.5, 0.6) is 0 Å². The molecule has 0 unspecified atom stereocenters. The number of rotatable bonds is 7. The second-order valence-corrected chi connectivity index (χ2v) is 12.0. The first-order valence-electron chi connectivity index (χ1n) is 11.5. The van der Waals surface area contributed by atoms with Crippen LogP contribution in [0.25, 0.3) is 21.6 Å². The number of piperazine rings is 1. The van der Waals surface area contributed by atoms with E-state index in [1.807, 2.05) is 17.9 Å². The minimum absolute atomic E-state index is 0.0882. The van der Waals surface area contributed by atoms with Gasteiger partial charge in [0.1, 0.15) is 23.7 Å². The topological polar surface area (TPSA) is 137 Å². The van der Waals surface area contributed by atoms with E-state index in [1.165, 1.54) is 12.1 Å². The zero-order valence-corrected chi connectivity index (χ0v) is 21.5. The van der Waals surface area contributed by atoms with Crippen molar-refractivity contribution in [3.8, 4) is 16.8 Å². The van der Waals surface area contributed by atoms with Crippen molar-refractivity contribution < 1.29 is 21.6 Å². The van der Waals surface area contributed by atoms with E-state index in [1.54, 1.807) is 6.92 Å². The number of nitrogens with one attached hydrogen (secondary N) is 2. The number of benzene rings is 1. The van der Waals surface area contributed by atoms with E-state index in [2.05, 4.69) is 30.2 Å². The van der Waals surface area contributed by atoms with Gasteiger partial charge in [-0.1, -0.05) is 11.3 Å². The van der Waals surface area contributed by atoms with Crippen molar-refractivity contribution in [2.24, 2.45) is 0 Å². The number of alkyl halides is 3. The number of sulfonamides is 1. The van der Waals surface area contributed by atoms with Gasteiger partial charge in [0.25, 0.3) is 6.43 Å². The lowest BCUT2D eigenvalue weighted by atomic mass is 10.1. The third kappa shape index (κ3) is 4.98. The van der Waals surface area contributed by atoms with E-state index in [4.69, 9.17) is 0 Å². The zero-order chi connectivity index (χ0) is 26.5. The molecule has 3 aromatic rings. The number of fused-ring (bicyclic) bond motifs is 1. The second kappa shape index (κ2) is 9.43. The summed E-state index contributed by atoms with van der Waals surface area (Å²) in [6.45, 7) is 3.59. The fourth-order valence-corrected chi connectivity index (χ4v) is 6.55. The highest BCUT2D eigenvalue weighted by molar-refractivity contribution is 7.89. The maximum absolute atomic E-state index is 13.6. The fourth-order valence-electron chi connectivity index (χ4n) is 4.42. The number of halogens is 3. The molecule has 1 saturated heterocycles. The third-order valence-corrected chi connectivity index (χ3v) is 8.73. The first-order chi connectivity index (χ1) is 17.5. The molecule has 10 nitrogen and oxygen atoms in total. The molecule has 37 heavy (non-hydrogen) atoms. The van der Waals surface area contributed by atoms with Crippen molar-refractivity contribution in [2.75, 3.05) is 24.7 Å².